The molecule has 1 amide bonds. The molecule has 0 saturated carbocycles. The Bertz CT molecular complexity index is 1380. The van der Waals surface area contributed by atoms with E-state index in [-0.39, 0.29) is 52.0 Å². The van der Waals surface area contributed by atoms with Crippen LogP contribution in [0.1, 0.15) is 87.1 Å². The number of aryl methyl sites for hydroxylation is 2. The van der Waals surface area contributed by atoms with Gasteiger partial charge in [-0.3, -0.25) is 30.0 Å². The second kappa shape index (κ2) is 13.3. The zero-order chi connectivity index (χ0) is 31.2. The van der Waals surface area contributed by atoms with E-state index < -0.39 is 21.4 Å². The number of nitrogens with zero attached hydrogens (tertiary/aromatic N) is 4. The first kappa shape index (κ1) is 32.8. The minimum atomic E-state index is -1.08. The van der Waals surface area contributed by atoms with Gasteiger partial charge in [-0.2, -0.15) is 0 Å². The number of carbonyl (C=O) groups is 2. The molecule has 1 aliphatic heterocycles. The smallest absolute Gasteiger partial charge is 0.338 e. The Balaban J connectivity index is 0.000000287. The molecule has 41 heavy (non-hydrogen) atoms. The monoisotopic (exact) mass is 570 g/mol. The predicted octanol–water partition coefficient (Wildman–Crippen LogP) is 5.35. The van der Waals surface area contributed by atoms with Crippen molar-refractivity contribution in [2.24, 2.45) is 10.9 Å². The van der Waals surface area contributed by atoms with E-state index in [1.807, 2.05) is 34.6 Å². The van der Waals surface area contributed by atoms with Gasteiger partial charge in [0.05, 0.1) is 15.4 Å². The first-order chi connectivity index (χ1) is 19.1. The molecular formula is C28H38N6O7. The second-order valence-electron chi connectivity index (χ2n) is 10.3. The van der Waals surface area contributed by atoms with Crippen molar-refractivity contribution in [3.63, 3.8) is 0 Å². The molecule has 0 fully saturated rings. The number of nitro benzene ring substituents is 2. The van der Waals surface area contributed by atoms with Crippen LogP contribution in [-0.2, 0) is 11.2 Å². The van der Waals surface area contributed by atoms with Crippen LogP contribution in [0.25, 0.3) is 0 Å². The molecule has 1 unspecified atom stereocenters. The zero-order valence-electron chi connectivity index (χ0n) is 24.7. The molecule has 0 bridgehead atoms. The number of aromatic nitrogens is 1. The highest BCUT2D eigenvalue weighted by Gasteiger charge is 2.43. The molecule has 3 N–H and O–H groups in total. The quantitative estimate of drug-likeness (QED) is 0.249. The van der Waals surface area contributed by atoms with E-state index in [9.17, 15) is 34.9 Å². The van der Waals surface area contributed by atoms with Crippen LogP contribution in [0.15, 0.2) is 23.3 Å². The summed E-state index contributed by atoms with van der Waals surface area (Å²) in [5.74, 6) is -1.08. The van der Waals surface area contributed by atoms with Crippen molar-refractivity contribution in [1.29, 1.82) is 0 Å². The first-order valence-corrected chi connectivity index (χ1v) is 13.5. The molecule has 1 atom stereocenters. The molecule has 2 aromatic rings. The lowest BCUT2D eigenvalue weighted by Crippen LogP contribution is -2.41. The summed E-state index contributed by atoms with van der Waals surface area (Å²) in [4.78, 5) is 53.4. The van der Waals surface area contributed by atoms with Crippen LogP contribution in [0.5, 0.6) is 0 Å². The number of amidine groups is 1. The summed E-state index contributed by atoms with van der Waals surface area (Å²) in [6, 6.07) is 2.92. The van der Waals surface area contributed by atoms with Crippen LogP contribution in [0.4, 0.5) is 17.1 Å². The molecule has 0 aliphatic carbocycles. The Morgan fingerprint density at radius 2 is 1.73 bits per heavy atom. The van der Waals surface area contributed by atoms with Crippen molar-refractivity contribution in [3.8, 4) is 0 Å². The molecule has 0 radical (unpaired) electrons. The molecule has 3 rings (SSSR count). The Morgan fingerprint density at radius 3 is 2.17 bits per heavy atom. The molecule has 0 saturated heterocycles. The topological polar surface area (TPSA) is 190 Å². The number of rotatable bonds is 10. The fourth-order valence-corrected chi connectivity index (χ4v) is 4.19. The highest BCUT2D eigenvalue weighted by molar-refractivity contribution is 6.17. The van der Waals surface area contributed by atoms with Gasteiger partial charge in [-0.05, 0) is 63.1 Å². The summed E-state index contributed by atoms with van der Waals surface area (Å²) in [6.45, 7) is 14.6. The van der Waals surface area contributed by atoms with Gasteiger partial charge in [-0.25, -0.2) is 9.79 Å². The SMILES string of the molecule is CCC(CC)Nc1c([N+](=O)[O-])cc(C)c(C)c1[N+](=O)[O-].CCc1cnc(C2=NC(C)(C(C)C)C(=O)N2)c(C(=O)O)c1. The van der Waals surface area contributed by atoms with Crippen LogP contribution >= 0.6 is 0 Å². The van der Waals surface area contributed by atoms with E-state index in [2.05, 4.69) is 20.6 Å². The van der Waals surface area contributed by atoms with Gasteiger partial charge in [0.1, 0.15) is 11.2 Å². The van der Waals surface area contributed by atoms with E-state index in [1.54, 1.807) is 33.0 Å². The zero-order valence-corrected chi connectivity index (χ0v) is 24.7. The van der Waals surface area contributed by atoms with Gasteiger partial charge >= 0.3 is 11.7 Å². The number of hydrogen-bond donors (Lipinski definition) is 3. The summed E-state index contributed by atoms with van der Waals surface area (Å²) in [7, 11) is 0. The standard InChI is InChI=1S/C15H19N3O3.C13H19N3O4/c1-5-9-6-10(13(19)20)11(16-7-9)12-17-14(21)15(4,18-12)8(2)3;1-5-10(6-2)14-12-11(15(17)18)7-8(3)9(4)13(12)16(19)20/h6-8H,5H2,1-4H3,(H,19,20)(H,17,18,21);7,10,14H,5-6H2,1-4H3. The molecule has 13 heteroatoms. The second-order valence-corrected chi connectivity index (χ2v) is 10.3. The number of pyridine rings is 1. The Hall–Kier alpha value is -4.42. The van der Waals surface area contributed by atoms with Crippen molar-refractivity contribution in [2.45, 2.75) is 86.2 Å². The number of amides is 1. The summed E-state index contributed by atoms with van der Waals surface area (Å²) >= 11 is 0. The third-order valence-corrected chi connectivity index (χ3v) is 7.47. The van der Waals surface area contributed by atoms with Crippen molar-refractivity contribution < 1.29 is 24.5 Å². The highest BCUT2D eigenvalue weighted by atomic mass is 16.6. The fraction of sp³-hybridized carbons (Fsp3) is 0.500. The molecule has 1 aliphatic rings. The highest BCUT2D eigenvalue weighted by Crippen LogP contribution is 2.39. The lowest BCUT2D eigenvalue weighted by Gasteiger charge is -2.21. The molecule has 0 spiro atoms. The fourth-order valence-electron chi connectivity index (χ4n) is 4.19. The summed E-state index contributed by atoms with van der Waals surface area (Å²) in [5.41, 5.74) is 0.752. The molecule has 2 heterocycles. The Morgan fingerprint density at radius 1 is 1.12 bits per heavy atom. The number of carboxylic acids is 1. The van der Waals surface area contributed by atoms with E-state index in [4.69, 9.17) is 0 Å². The molecule has 1 aromatic heterocycles. The van der Waals surface area contributed by atoms with E-state index in [0.29, 0.717) is 17.5 Å². The largest absolute Gasteiger partial charge is 0.478 e. The summed E-state index contributed by atoms with van der Waals surface area (Å²) in [5, 5.41) is 37.4. The number of carbonyl (C=O) groups excluding carboxylic acids is 1. The minimum absolute atomic E-state index is 0.00167. The first-order valence-electron chi connectivity index (χ1n) is 13.5. The number of carboxylic acid groups (broad SMARTS) is 1. The van der Waals surface area contributed by atoms with Gasteiger partial charge < -0.3 is 15.7 Å². The lowest BCUT2D eigenvalue weighted by atomic mass is 9.89. The van der Waals surface area contributed by atoms with Crippen molar-refractivity contribution >= 4 is 34.8 Å². The van der Waals surface area contributed by atoms with Gasteiger partial charge in [-0.1, -0.05) is 34.6 Å². The minimum Gasteiger partial charge on any atom is -0.478 e. The normalized spacial score (nSPS) is 16.1. The third-order valence-electron chi connectivity index (χ3n) is 7.47. The van der Waals surface area contributed by atoms with Gasteiger partial charge in [-0.15, -0.1) is 0 Å². The molecular weight excluding hydrogens is 532 g/mol. The lowest BCUT2D eigenvalue weighted by molar-refractivity contribution is -0.392. The number of aromatic carboxylic acids is 1. The van der Waals surface area contributed by atoms with E-state index in [0.717, 1.165) is 18.4 Å². The third kappa shape index (κ3) is 7.02. The molecule has 1 aromatic carbocycles. The van der Waals surface area contributed by atoms with Crippen LogP contribution in [-0.4, -0.2) is 49.2 Å². The molecule has 13 nitrogen and oxygen atoms in total. The van der Waals surface area contributed by atoms with E-state index >= 15 is 0 Å². The number of nitrogens with one attached hydrogen (secondary N) is 2. The van der Waals surface area contributed by atoms with Gasteiger partial charge in [0, 0.05) is 23.9 Å². The van der Waals surface area contributed by atoms with Crippen LogP contribution < -0.4 is 10.6 Å². The van der Waals surface area contributed by atoms with Crippen LogP contribution in [0.2, 0.25) is 0 Å². The number of nitro groups is 2. The number of benzene rings is 1. The Labute approximate surface area is 238 Å². The maximum absolute atomic E-state index is 12.1. The Kier molecular flexibility index (Phi) is 10.6. The van der Waals surface area contributed by atoms with Crippen molar-refractivity contribution in [1.82, 2.24) is 10.3 Å². The average molecular weight is 571 g/mol. The van der Waals surface area contributed by atoms with Crippen molar-refractivity contribution in [3.05, 3.63) is 66.5 Å². The van der Waals surface area contributed by atoms with Gasteiger partial charge in [0.2, 0.25) is 0 Å². The number of anilines is 1. The maximum atomic E-state index is 12.1. The molecule has 222 valence electrons. The van der Waals surface area contributed by atoms with Crippen LogP contribution in [0, 0.1) is 40.0 Å². The summed E-state index contributed by atoms with van der Waals surface area (Å²) < 4.78 is 0. The number of hydrogen-bond acceptors (Lipinski definition) is 9. The number of aliphatic imine (C=N–C) groups is 1. The van der Waals surface area contributed by atoms with Crippen molar-refractivity contribution in [2.75, 3.05) is 5.32 Å². The van der Waals surface area contributed by atoms with E-state index in [1.165, 1.54) is 6.07 Å². The maximum Gasteiger partial charge on any atom is 0.338 e. The van der Waals surface area contributed by atoms with Gasteiger partial charge in [0.25, 0.3) is 11.6 Å². The predicted molar refractivity (Wildman–Crippen MR) is 156 cm³/mol. The van der Waals surface area contributed by atoms with Gasteiger partial charge in [0.15, 0.2) is 11.5 Å². The van der Waals surface area contributed by atoms with Crippen LogP contribution in [0.3, 0.4) is 0 Å². The average Bonchev–Trinajstić information content (AvgIpc) is 3.23. The summed E-state index contributed by atoms with van der Waals surface area (Å²) in [6.07, 6.45) is 3.77.